The fourth-order valence-corrected chi connectivity index (χ4v) is 5.57. The van der Waals surface area contributed by atoms with Crippen molar-refractivity contribution in [1.29, 1.82) is 0 Å². The van der Waals surface area contributed by atoms with Crippen molar-refractivity contribution in [2.24, 2.45) is 0 Å². The van der Waals surface area contributed by atoms with E-state index in [1.807, 2.05) is 0 Å². The van der Waals surface area contributed by atoms with Crippen LogP contribution in [0.3, 0.4) is 0 Å². The molecule has 3 aromatic carbocycles. The number of anilines is 1. The average Bonchev–Trinajstić information content (AvgIpc) is 3.52. The van der Waals surface area contributed by atoms with E-state index in [9.17, 15) is 14.0 Å². The minimum absolute atomic E-state index is 0.0135. The Hall–Kier alpha value is -5.00. The van der Waals surface area contributed by atoms with E-state index >= 15 is 0 Å². The number of carbonyl (C=O) groups is 2. The predicted molar refractivity (Wildman–Crippen MR) is 159 cm³/mol. The fraction of sp³-hybridized carbons (Fsp3) is 0.344. The molecule has 12 heteroatoms. The molecule has 2 heterocycles. The maximum Gasteiger partial charge on any atom is 0.251 e. The van der Waals surface area contributed by atoms with Crippen molar-refractivity contribution >= 4 is 17.5 Å². The van der Waals surface area contributed by atoms with E-state index in [0.717, 1.165) is 32.1 Å². The van der Waals surface area contributed by atoms with Gasteiger partial charge >= 0.3 is 0 Å². The van der Waals surface area contributed by atoms with E-state index in [-0.39, 0.29) is 18.5 Å². The zero-order valence-electron chi connectivity index (χ0n) is 24.3. The molecule has 1 aliphatic carbocycles. The Kier molecular flexibility index (Phi) is 8.67. The van der Waals surface area contributed by atoms with Crippen molar-refractivity contribution in [1.82, 2.24) is 25.5 Å². The molecule has 0 radical (unpaired) electrons. The van der Waals surface area contributed by atoms with Gasteiger partial charge in [-0.25, -0.2) is 4.39 Å². The topological polar surface area (TPSA) is 121 Å². The van der Waals surface area contributed by atoms with E-state index in [1.165, 1.54) is 34.0 Å². The Labute approximate surface area is 253 Å². The van der Waals surface area contributed by atoms with Crippen LogP contribution in [-0.4, -0.2) is 58.4 Å². The number of nitrogens with zero attached hydrogens (tertiary/aromatic N) is 5. The lowest BCUT2D eigenvalue weighted by Gasteiger charge is -2.34. The fourth-order valence-electron chi connectivity index (χ4n) is 5.57. The molecule has 1 saturated carbocycles. The number of ether oxygens (including phenoxy) is 3. The summed E-state index contributed by atoms with van der Waals surface area (Å²) in [7, 11) is 1.58. The van der Waals surface area contributed by atoms with Crippen molar-refractivity contribution in [2.75, 3.05) is 25.2 Å². The summed E-state index contributed by atoms with van der Waals surface area (Å²) < 4.78 is 30.7. The summed E-state index contributed by atoms with van der Waals surface area (Å²) in [6, 6.07) is 16.7. The second-order valence-electron chi connectivity index (χ2n) is 10.8. The molecule has 1 N–H and O–H groups in total. The molecule has 44 heavy (non-hydrogen) atoms. The Morgan fingerprint density at radius 1 is 1.00 bits per heavy atom. The van der Waals surface area contributed by atoms with Crippen molar-refractivity contribution < 1.29 is 28.2 Å². The van der Waals surface area contributed by atoms with Crippen LogP contribution < -0.4 is 24.4 Å². The predicted octanol–water partition coefficient (Wildman–Crippen LogP) is 4.48. The highest BCUT2D eigenvalue weighted by Crippen LogP contribution is 2.37. The van der Waals surface area contributed by atoms with Crippen molar-refractivity contribution in [3.8, 4) is 28.6 Å². The highest BCUT2D eigenvalue weighted by molar-refractivity contribution is 6.01. The molecule has 6 rings (SSSR count). The maximum atomic E-state index is 14.2. The largest absolute Gasteiger partial charge is 0.497 e. The number of rotatable bonds is 9. The monoisotopic (exact) mass is 600 g/mol. The van der Waals surface area contributed by atoms with Gasteiger partial charge in [-0.1, -0.05) is 31.4 Å². The number of benzene rings is 3. The van der Waals surface area contributed by atoms with Crippen LogP contribution in [0.25, 0.3) is 11.4 Å². The molecule has 1 atom stereocenters. The van der Waals surface area contributed by atoms with Crippen LogP contribution in [0.15, 0.2) is 66.7 Å². The molecule has 0 saturated heterocycles. The molecular formula is C32H33FN6O5. The van der Waals surface area contributed by atoms with Gasteiger partial charge in [0.2, 0.25) is 11.7 Å². The van der Waals surface area contributed by atoms with Gasteiger partial charge < -0.3 is 19.5 Å². The number of fused-ring (bicyclic) bond motifs is 1. The molecule has 0 bridgehead atoms. The number of tetrazole rings is 1. The lowest BCUT2D eigenvalue weighted by atomic mass is 9.94. The van der Waals surface area contributed by atoms with Gasteiger partial charge in [0.25, 0.3) is 5.91 Å². The van der Waals surface area contributed by atoms with E-state index in [4.69, 9.17) is 14.2 Å². The van der Waals surface area contributed by atoms with Crippen molar-refractivity contribution in [3.63, 3.8) is 0 Å². The number of nitrogens with one attached hydrogen (secondary N) is 1. The van der Waals surface area contributed by atoms with E-state index < -0.39 is 17.8 Å². The number of hydrogen-bond donors (Lipinski definition) is 1. The Balaban J connectivity index is 1.36. The van der Waals surface area contributed by atoms with Crippen molar-refractivity contribution in [2.45, 2.75) is 50.7 Å². The van der Waals surface area contributed by atoms with Crippen LogP contribution in [0.2, 0.25) is 0 Å². The normalized spacial score (nSPS) is 15.3. The molecule has 1 fully saturated rings. The van der Waals surface area contributed by atoms with Crippen LogP contribution in [0, 0.1) is 5.82 Å². The molecule has 1 aliphatic heterocycles. The van der Waals surface area contributed by atoms with Crippen LogP contribution in [0.4, 0.5) is 10.1 Å². The average molecular weight is 601 g/mol. The van der Waals surface area contributed by atoms with Gasteiger partial charge in [0.05, 0.1) is 7.11 Å². The van der Waals surface area contributed by atoms with Gasteiger partial charge in [-0.2, -0.15) is 4.80 Å². The second-order valence-corrected chi connectivity index (χ2v) is 10.8. The summed E-state index contributed by atoms with van der Waals surface area (Å²) >= 11 is 0. The zero-order valence-corrected chi connectivity index (χ0v) is 24.3. The van der Waals surface area contributed by atoms with Gasteiger partial charge in [0, 0.05) is 23.4 Å². The minimum Gasteiger partial charge on any atom is -0.497 e. The lowest BCUT2D eigenvalue weighted by molar-refractivity contribution is -0.127. The summed E-state index contributed by atoms with van der Waals surface area (Å²) in [4.78, 5) is 30.9. The molecule has 2 aliphatic rings. The molecule has 11 nitrogen and oxygen atoms in total. The first-order valence-electron chi connectivity index (χ1n) is 14.7. The number of halogens is 1. The van der Waals surface area contributed by atoms with Crippen LogP contribution >= 0.6 is 0 Å². The minimum atomic E-state index is -1.11. The van der Waals surface area contributed by atoms with Gasteiger partial charge in [-0.05, 0) is 72.1 Å². The third-order valence-corrected chi connectivity index (χ3v) is 7.79. The summed E-state index contributed by atoms with van der Waals surface area (Å²) in [6.45, 7) is 0.447. The highest BCUT2D eigenvalue weighted by Gasteiger charge is 2.35. The quantitative estimate of drug-likeness (QED) is 0.299. The molecule has 1 aromatic heterocycles. The standard InChI is InChI=1S/C32H33FN6O5/c1-42-26-14-9-22(10-15-26)31-35-37-38(36-31)20-29(40)39(25-13-16-27-28(19-25)44-18-17-43-27)30(21-7-11-23(33)12-8-21)32(41)34-24-5-3-2-4-6-24/h7-16,19,24,30H,2-6,17-18,20H2,1H3,(H,34,41)/t30-/m1/s1. The molecular weight excluding hydrogens is 567 g/mol. The highest BCUT2D eigenvalue weighted by atomic mass is 19.1. The maximum absolute atomic E-state index is 14.2. The Morgan fingerprint density at radius 3 is 2.45 bits per heavy atom. The molecule has 0 spiro atoms. The summed E-state index contributed by atoms with van der Waals surface area (Å²) in [5.74, 6) is 0.722. The van der Waals surface area contributed by atoms with Gasteiger partial charge in [0.15, 0.2) is 11.5 Å². The van der Waals surface area contributed by atoms with Crippen LogP contribution in [-0.2, 0) is 16.1 Å². The SMILES string of the molecule is COc1ccc(-c2nnn(CC(=O)N(c3ccc4c(c3)OCCO4)[C@@H](C(=O)NC3CCCCC3)c3ccc(F)cc3)n2)cc1. The van der Waals surface area contributed by atoms with Gasteiger partial charge in [-0.15, -0.1) is 10.2 Å². The first kappa shape index (κ1) is 29.1. The number of carbonyl (C=O) groups excluding carboxylic acids is 2. The Bertz CT molecular complexity index is 1600. The number of amides is 2. The molecule has 0 unspecified atom stereocenters. The first-order valence-corrected chi connectivity index (χ1v) is 14.7. The van der Waals surface area contributed by atoms with Crippen LogP contribution in [0.5, 0.6) is 17.2 Å². The van der Waals surface area contributed by atoms with E-state index in [2.05, 4.69) is 20.7 Å². The zero-order chi connectivity index (χ0) is 30.5. The number of methoxy groups -OCH3 is 1. The summed E-state index contributed by atoms with van der Waals surface area (Å²) in [6.07, 6.45) is 4.88. The smallest absolute Gasteiger partial charge is 0.251 e. The van der Waals surface area contributed by atoms with E-state index in [0.29, 0.717) is 53.1 Å². The number of aromatic nitrogens is 4. The molecule has 2 amide bonds. The third-order valence-electron chi connectivity index (χ3n) is 7.79. The second kappa shape index (κ2) is 13.1. The molecule has 228 valence electrons. The molecule has 4 aromatic rings. The van der Waals surface area contributed by atoms with Crippen LogP contribution in [0.1, 0.15) is 43.7 Å². The van der Waals surface area contributed by atoms with Gasteiger partial charge in [0.1, 0.15) is 37.4 Å². The third kappa shape index (κ3) is 6.48. The Morgan fingerprint density at radius 2 is 1.73 bits per heavy atom. The summed E-state index contributed by atoms with van der Waals surface area (Å²) in [5.41, 5.74) is 1.56. The van der Waals surface area contributed by atoms with Crippen molar-refractivity contribution in [3.05, 3.63) is 78.1 Å². The first-order chi connectivity index (χ1) is 21.5. The van der Waals surface area contributed by atoms with Gasteiger partial charge in [-0.3, -0.25) is 14.5 Å². The summed E-state index contributed by atoms with van der Waals surface area (Å²) in [5, 5.41) is 15.8. The lowest BCUT2D eigenvalue weighted by Crippen LogP contribution is -2.48. The van der Waals surface area contributed by atoms with E-state index in [1.54, 1.807) is 49.6 Å². The number of hydrogen-bond acceptors (Lipinski definition) is 8.